The molecule has 0 aliphatic rings. The van der Waals surface area contributed by atoms with Crippen LogP contribution in [0.2, 0.25) is 0 Å². The molecule has 2 N–H and O–H groups in total. The standard InChI is InChI=1S/C18H25N5O2S/c1-6-18(4,5)21-16(25)12(2)26-17-22-19-11-23(17)15-9-7-8-14(10-15)20-13(3)24/h7-12H,6H2,1-5H3,(H,20,24)(H,21,25). The van der Waals surface area contributed by atoms with Crippen molar-refractivity contribution in [2.75, 3.05) is 5.32 Å². The highest BCUT2D eigenvalue weighted by Crippen LogP contribution is 2.25. The summed E-state index contributed by atoms with van der Waals surface area (Å²) < 4.78 is 1.80. The molecule has 140 valence electrons. The molecule has 0 aliphatic carbocycles. The first-order valence-corrected chi connectivity index (χ1v) is 9.36. The molecular formula is C18H25N5O2S. The van der Waals surface area contributed by atoms with Gasteiger partial charge in [-0.15, -0.1) is 10.2 Å². The summed E-state index contributed by atoms with van der Waals surface area (Å²) in [6.45, 7) is 9.34. The fraction of sp³-hybridized carbons (Fsp3) is 0.444. The number of carbonyl (C=O) groups is 2. The number of nitrogens with zero attached hydrogens (tertiary/aromatic N) is 3. The maximum Gasteiger partial charge on any atom is 0.233 e. The Balaban J connectivity index is 2.16. The Morgan fingerprint density at radius 3 is 2.73 bits per heavy atom. The second-order valence-electron chi connectivity index (χ2n) is 6.70. The van der Waals surface area contributed by atoms with Gasteiger partial charge in [0, 0.05) is 18.2 Å². The lowest BCUT2D eigenvalue weighted by Gasteiger charge is -2.26. The van der Waals surface area contributed by atoms with Gasteiger partial charge in [-0.05, 0) is 45.4 Å². The minimum absolute atomic E-state index is 0.0385. The van der Waals surface area contributed by atoms with Crippen molar-refractivity contribution in [2.24, 2.45) is 0 Å². The fourth-order valence-corrected chi connectivity index (χ4v) is 3.00. The van der Waals surface area contributed by atoms with Crippen LogP contribution in [0, 0.1) is 0 Å². The molecule has 1 heterocycles. The van der Waals surface area contributed by atoms with Crippen molar-refractivity contribution in [3.05, 3.63) is 30.6 Å². The van der Waals surface area contributed by atoms with Gasteiger partial charge in [-0.1, -0.05) is 24.8 Å². The minimum Gasteiger partial charge on any atom is -0.350 e. The third-order valence-electron chi connectivity index (χ3n) is 3.96. The van der Waals surface area contributed by atoms with E-state index >= 15 is 0 Å². The molecule has 0 aliphatic heterocycles. The third kappa shape index (κ3) is 5.32. The number of anilines is 1. The van der Waals surface area contributed by atoms with Crippen LogP contribution >= 0.6 is 11.8 Å². The quantitative estimate of drug-likeness (QED) is 0.726. The van der Waals surface area contributed by atoms with Crippen molar-refractivity contribution in [3.8, 4) is 5.69 Å². The van der Waals surface area contributed by atoms with Crippen LogP contribution in [0.3, 0.4) is 0 Å². The van der Waals surface area contributed by atoms with E-state index in [4.69, 9.17) is 0 Å². The molecular weight excluding hydrogens is 350 g/mol. The third-order valence-corrected chi connectivity index (χ3v) is 5.01. The van der Waals surface area contributed by atoms with Crippen molar-refractivity contribution < 1.29 is 9.59 Å². The molecule has 0 saturated carbocycles. The lowest BCUT2D eigenvalue weighted by molar-refractivity contribution is -0.122. The van der Waals surface area contributed by atoms with Crippen LogP contribution in [-0.2, 0) is 9.59 Å². The SMILES string of the molecule is CCC(C)(C)NC(=O)C(C)Sc1nncn1-c1cccc(NC(C)=O)c1. The van der Waals surface area contributed by atoms with Crippen LogP contribution in [0.25, 0.3) is 5.69 Å². The predicted molar refractivity (Wildman–Crippen MR) is 103 cm³/mol. The van der Waals surface area contributed by atoms with Gasteiger partial charge >= 0.3 is 0 Å². The molecule has 0 bridgehead atoms. The molecule has 1 aromatic carbocycles. The van der Waals surface area contributed by atoms with Gasteiger partial charge in [0.1, 0.15) is 6.33 Å². The number of nitrogens with one attached hydrogen (secondary N) is 2. The number of carbonyl (C=O) groups excluding carboxylic acids is 2. The highest BCUT2D eigenvalue weighted by atomic mass is 32.2. The molecule has 1 aromatic heterocycles. The minimum atomic E-state index is -0.317. The number of hydrogen-bond acceptors (Lipinski definition) is 5. The fourth-order valence-electron chi connectivity index (χ4n) is 2.15. The lowest BCUT2D eigenvalue weighted by Crippen LogP contribution is -2.46. The Morgan fingerprint density at radius 2 is 2.08 bits per heavy atom. The average molecular weight is 375 g/mol. The summed E-state index contributed by atoms with van der Waals surface area (Å²) in [6, 6.07) is 7.38. The maximum atomic E-state index is 12.4. The van der Waals surface area contributed by atoms with Gasteiger partial charge in [0.25, 0.3) is 0 Å². The van der Waals surface area contributed by atoms with Crippen molar-refractivity contribution in [1.29, 1.82) is 0 Å². The second-order valence-corrected chi connectivity index (χ2v) is 8.01. The van der Waals surface area contributed by atoms with E-state index < -0.39 is 0 Å². The van der Waals surface area contributed by atoms with Gasteiger partial charge < -0.3 is 10.6 Å². The number of benzene rings is 1. The number of aromatic nitrogens is 3. The molecule has 2 rings (SSSR count). The van der Waals surface area contributed by atoms with E-state index in [2.05, 4.69) is 20.8 Å². The highest BCUT2D eigenvalue weighted by Gasteiger charge is 2.24. The zero-order chi connectivity index (χ0) is 19.3. The second kappa shape index (κ2) is 8.35. The first kappa shape index (κ1) is 20.0. The van der Waals surface area contributed by atoms with E-state index in [0.717, 1.165) is 12.1 Å². The van der Waals surface area contributed by atoms with Crippen molar-refractivity contribution >= 4 is 29.3 Å². The van der Waals surface area contributed by atoms with E-state index in [0.29, 0.717) is 10.8 Å². The number of amides is 2. The van der Waals surface area contributed by atoms with E-state index in [-0.39, 0.29) is 22.6 Å². The topological polar surface area (TPSA) is 88.9 Å². The molecule has 0 spiro atoms. The summed E-state index contributed by atoms with van der Waals surface area (Å²) in [6.07, 6.45) is 2.44. The van der Waals surface area contributed by atoms with Crippen molar-refractivity contribution in [1.82, 2.24) is 20.1 Å². The number of rotatable bonds is 7. The molecule has 26 heavy (non-hydrogen) atoms. The highest BCUT2D eigenvalue weighted by molar-refractivity contribution is 8.00. The Hall–Kier alpha value is -2.35. The van der Waals surface area contributed by atoms with Gasteiger partial charge in [0.05, 0.1) is 10.9 Å². The van der Waals surface area contributed by atoms with Crippen LogP contribution < -0.4 is 10.6 Å². The van der Waals surface area contributed by atoms with Gasteiger partial charge in [0.2, 0.25) is 11.8 Å². The van der Waals surface area contributed by atoms with Crippen LogP contribution in [0.5, 0.6) is 0 Å². The van der Waals surface area contributed by atoms with Gasteiger partial charge in [0.15, 0.2) is 5.16 Å². The average Bonchev–Trinajstić information content (AvgIpc) is 3.02. The zero-order valence-electron chi connectivity index (χ0n) is 15.7. The van der Waals surface area contributed by atoms with Crippen LogP contribution in [-0.4, -0.2) is 37.4 Å². The van der Waals surface area contributed by atoms with E-state index in [1.807, 2.05) is 52.0 Å². The molecule has 1 unspecified atom stereocenters. The summed E-state index contributed by atoms with van der Waals surface area (Å²) in [5.74, 6) is -0.173. The van der Waals surface area contributed by atoms with E-state index in [1.54, 1.807) is 10.9 Å². The largest absolute Gasteiger partial charge is 0.350 e. The monoisotopic (exact) mass is 375 g/mol. The first-order valence-electron chi connectivity index (χ1n) is 8.48. The lowest BCUT2D eigenvalue weighted by atomic mass is 10.0. The maximum absolute atomic E-state index is 12.4. The summed E-state index contributed by atoms with van der Waals surface area (Å²) in [5, 5.41) is 14.2. The number of hydrogen-bond donors (Lipinski definition) is 2. The summed E-state index contributed by atoms with van der Waals surface area (Å²) in [4.78, 5) is 23.7. The van der Waals surface area contributed by atoms with Crippen molar-refractivity contribution in [2.45, 2.75) is 57.0 Å². The first-order chi connectivity index (χ1) is 12.2. The number of thioether (sulfide) groups is 1. The van der Waals surface area contributed by atoms with Crippen LogP contribution in [0.15, 0.2) is 35.7 Å². The molecule has 7 nitrogen and oxygen atoms in total. The van der Waals surface area contributed by atoms with Crippen LogP contribution in [0.1, 0.15) is 41.0 Å². The predicted octanol–water partition coefficient (Wildman–Crippen LogP) is 3.01. The molecule has 1 atom stereocenters. The Morgan fingerprint density at radius 1 is 1.35 bits per heavy atom. The molecule has 8 heteroatoms. The van der Waals surface area contributed by atoms with Gasteiger partial charge in [-0.25, -0.2) is 0 Å². The smallest absolute Gasteiger partial charge is 0.233 e. The van der Waals surface area contributed by atoms with Crippen LogP contribution in [0.4, 0.5) is 5.69 Å². The summed E-state index contributed by atoms with van der Waals surface area (Å²) in [5.41, 5.74) is 1.26. The van der Waals surface area contributed by atoms with Gasteiger partial charge in [-0.3, -0.25) is 14.2 Å². The molecule has 2 aromatic rings. The Labute approximate surface area is 158 Å². The van der Waals surface area contributed by atoms with E-state index in [9.17, 15) is 9.59 Å². The Kier molecular flexibility index (Phi) is 6.42. The molecule has 2 amide bonds. The molecule has 0 saturated heterocycles. The zero-order valence-corrected chi connectivity index (χ0v) is 16.6. The molecule has 0 radical (unpaired) electrons. The Bertz CT molecular complexity index is 787. The van der Waals surface area contributed by atoms with E-state index in [1.165, 1.54) is 18.7 Å². The molecule has 0 fully saturated rings. The summed E-state index contributed by atoms with van der Waals surface area (Å²) >= 11 is 1.34. The summed E-state index contributed by atoms with van der Waals surface area (Å²) in [7, 11) is 0. The van der Waals surface area contributed by atoms with Crippen molar-refractivity contribution in [3.63, 3.8) is 0 Å². The normalized spacial score (nSPS) is 12.5. The van der Waals surface area contributed by atoms with Gasteiger partial charge in [-0.2, -0.15) is 0 Å².